The van der Waals surface area contributed by atoms with Crippen molar-refractivity contribution in [3.05, 3.63) is 58.1 Å². The standard InChI is InChI=1S/C27H32N2O3.ClH/c1-32-24-9-7-22-18-28(13-4-5-19(22)17-24)12-3-2-6-25(30)23-15-20-8-10-26(31)29-14-11-21(16-23)27(20)29;/h7,9,15-17H,2-6,8,10-14,18H2,1H3;1H. The van der Waals surface area contributed by atoms with Gasteiger partial charge in [-0.2, -0.15) is 0 Å². The molecule has 1 amide bonds. The predicted molar refractivity (Wildman–Crippen MR) is 133 cm³/mol. The zero-order valence-corrected chi connectivity index (χ0v) is 20.2. The third-order valence-electron chi connectivity index (χ3n) is 7.23. The second-order valence-electron chi connectivity index (χ2n) is 9.33. The van der Waals surface area contributed by atoms with E-state index in [2.05, 4.69) is 23.1 Å². The van der Waals surface area contributed by atoms with Crippen LogP contribution in [-0.2, 0) is 30.6 Å². The van der Waals surface area contributed by atoms with Crippen LogP contribution in [0.1, 0.15) is 64.7 Å². The molecule has 0 aromatic heterocycles. The Labute approximate surface area is 202 Å². The molecule has 2 aromatic carbocycles. The number of methoxy groups -OCH3 is 1. The van der Waals surface area contributed by atoms with Crippen molar-refractivity contribution in [3.8, 4) is 5.75 Å². The van der Waals surface area contributed by atoms with E-state index in [0.29, 0.717) is 12.8 Å². The normalized spacial score (nSPS) is 17.1. The lowest BCUT2D eigenvalue weighted by Crippen LogP contribution is -2.32. The minimum Gasteiger partial charge on any atom is -0.497 e. The van der Waals surface area contributed by atoms with E-state index in [1.165, 1.54) is 22.3 Å². The maximum absolute atomic E-state index is 12.9. The maximum Gasteiger partial charge on any atom is 0.227 e. The summed E-state index contributed by atoms with van der Waals surface area (Å²) in [6.45, 7) is 3.89. The highest BCUT2D eigenvalue weighted by Crippen LogP contribution is 2.37. The van der Waals surface area contributed by atoms with Gasteiger partial charge in [0.05, 0.1) is 12.8 Å². The number of Topliss-reactive ketones (excluding diaryl/α,β-unsaturated/α-hetero) is 1. The Hall–Kier alpha value is -2.37. The zero-order chi connectivity index (χ0) is 22.1. The number of fused-ring (bicyclic) bond motifs is 1. The molecule has 3 aliphatic rings. The molecule has 176 valence electrons. The molecule has 0 spiro atoms. The van der Waals surface area contributed by atoms with Gasteiger partial charge in [-0.15, -0.1) is 12.4 Å². The van der Waals surface area contributed by atoms with Gasteiger partial charge in [-0.25, -0.2) is 0 Å². The lowest BCUT2D eigenvalue weighted by molar-refractivity contribution is -0.118. The SMILES string of the molecule is COc1ccc2c(c1)CCCN(CCCCC(=O)c1cc3c4c(c1)CCN4C(=O)CC3)C2.Cl. The van der Waals surface area contributed by atoms with Crippen molar-refractivity contribution < 1.29 is 14.3 Å². The number of benzene rings is 2. The smallest absolute Gasteiger partial charge is 0.227 e. The van der Waals surface area contributed by atoms with Gasteiger partial charge < -0.3 is 9.64 Å². The van der Waals surface area contributed by atoms with Crippen molar-refractivity contribution in [2.24, 2.45) is 0 Å². The van der Waals surface area contributed by atoms with Gasteiger partial charge in [0.1, 0.15) is 5.75 Å². The molecule has 0 aliphatic carbocycles. The van der Waals surface area contributed by atoms with Crippen LogP contribution >= 0.6 is 12.4 Å². The largest absolute Gasteiger partial charge is 0.497 e. The molecule has 0 saturated carbocycles. The lowest BCUT2D eigenvalue weighted by atomic mass is 9.94. The van der Waals surface area contributed by atoms with Crippen LogP contribution in [0.25, 0.3) is 0 Å². The van der Waals surface area contributed by atoms with Crippen LogP contribution in [0.5, 0.6) is 5.75 Å². The molecule has 0 saturated heterocycles. The molecule has 0 fully saturated rings. The molecule has 0 unspecified atom stereocenters. The van der Waals surface area contributed by atoms with Gasteiger partial charge >= 0.3 is 0 Å². The number of nitrogens with zero attached hydrogens (tertiary/aromatic N) is 2. The molecule has 5 rings (SSSR count). The Kier molecular flexibility index (Phi) is 7.40. The van der Waals surface area contributed by atoms with Crippen molar-refractivity contribution in [2.45, 2.75) is 57.9 Å². The van der Waals surface area contributed by atoms with E-state index in [9.17, 15) is 9.59 Å². The first-order chi connectivity index (χ1) is 15.6. The number of amides is 1. The molecule has 0 atom stereocenters. The Bertz CT molecular complexity index is 1050. The van der Waals surface area contributed by atoms with Crippen LogP contribution in [0.2, 0.25) is 0 Å². The summed E-state index contributed by atoms with van der Waals surface area (Å²) in [5.74, 6) is 1.41. The van der Waals surface area contributed by atoms with Crippen molar-refractivity contribution in [1.29, 1.82) is 0 Å². The van der Waals surface area contributed by atoms with Crippen LogP contribution < -0.4 is 9.64 Å². The molecule has 3 heterocycles. The number of ketones is 1. The molecule has 33 heavy (non-hydrogen) atoms. The number of anilines is 1. The molecule has 5 nitrogen and oxygen atoms in total. The van der Waals surface area contributed by atoms with E-state index < -0.39 is 0 Å². The fraction of sp³-hybridized carbons (Fsp3) is 0.481. The summed E-state index contributed by atoms with van der Waals surface area (Å²) in [4.78, 5) is 29.4. The molecule has 0 radical (unpaired) electrons. The summed E-state index contributed by atoms with van der Waals surface area (Å²) < 4.78 is 5.38. The second kappa shape index (κ2) is 10.3. The van der Waals surface area contributed by atoms with Crippen molar-refractivity contribution in [2.75, 3.05) is 31.6 Å². The van der Waals surface area contributed by atoms with Crippen molar-refractivity contribution >= 4 is 29.8 Å². The Morgan fingerprint density at radius 1 is 0.939 bits per heavy atom. The number of ether oxygens (including phenoxy) is 1. The highest BCUT2D eigenvalue weighted by Gasteiger charge is 2.31. The summed E-state index contributed by atoms with van der Waals surface area (Å²) in [6.07, 6.45) is 7.03. The highest BCUT2D eigenvalue weighted by molar-refractivity contribution is 6.02. The molecule has 3 aliphatic heterocycles. The number of rotatable bonds is 7. The van der Waals surface area contributed by atoms with Gasteiger partial charge in [0, 0.05) is 31.5 Å². The van der Waals surface area contributed by atoms with Gasteiger partial charge in [-0.3, -0.25) is 14.5 Å². The van der Waals surface area contributed by atoms with Crippen LogP contribution in [0.3, 0.4) is 0 Å². The van der Waals surface area contributed by atoms with Crippen LogP contribution in [0.4, 0.5) is 5.69 Å². The first-order valence-electron chi connectivity index (χ1n) is 12.0. The highest BCUT2D eigenvalue weighted by atomic mass is 35.5. The van der Waals surface area contributed by atoms with Gasteiger partial charge in [0.15, 0.2) is 5.78 Å². The van der Waals surface area contributed by atoms with Gasteiger partial charge in [0.2, 0.25) is 5.91 Å². The summed E-state index contributed by atoms with van der Waals surface area (Å²) in [5.41, 5.74) is 7.10. The van der Waals surface area contributed by atoms with Gasteiger partial charge in [0.25, 0.3) is 0 Å². The number of unbranched alkanes of at least 4 members (excludes halogenated alkanes) is 1. The third-order valence-corrected chi connectivity index (χ3v) is 7.23. The predicted octanol–water partition coefficient (Wildman–Crippen LogP) is 4.75. The number of hydrogen-bond acceptors (Lipinski definition) is 4. The van der Waals surface area contributed by atoms with Crippen molar-refractivity contribution in [1.82, 2.24) is 4.90 Å². The quantitative estimate of drug-likeness (QED) is 0.434. The lowest BCUT2D eigenvalue weighted by Gasteiger charge is -2.25. The number of carbonyl (C=O) groups excluding carboxylic acids is 2. The molecule has 0 N–H and O–H groups in total. The van der Waals surface area contributed by atoms with Crippen LogP contribution in [0.15, 0.2) is 30.3 Å². The Balaban J connectivity index is 0.00000259. The molecular formula is C27H33ClN2O3. The Morgan fingerprint density at radius 3 is 2.58 bits per heavy atom. The monoisotopic (exact) mass is 468 g/mol. The van der Waals surface area contributed by atoms with Crippen LogP contribution in [-0.4, -0.2) is 43.3 Å². The molecule has 2 aromatic rings. The minimum absolute atomic E-state index is 0. The average Bonchev–Trinajstić information content (AvgIpc) is 3.14. The van der Waals surface area contributed by atoms with E-state index >= 15 is 0 Å². The van der Waals surface area contributed by atoms with Gasteiger partial charge in [-0.05, 0) is 98.1 Å². The van der Waals surface area contributed by atoms with E-state index in [1.54, 1.807) is 7.11 Å². The van der Waals surface area contributed by atoms with Crippen LogP contribution in [0, 0.1) is 0 Å². The molecular weight excluding hydrogens is 436 g/mol. The van der Waals surface area contributed by atoms with E-state index in [4.69, 9.17) is 4.74 Å². The molecule has 0 bridgehead atoms. The third kappa shape index (κ3) is 4.95. The first kappa shape index (κ1) is 23.8. The number of aryl methyl sites for hydroxylation is 2. The maximum atomic E-state index is 12.9. The van der Waals surface area contributed by atoms with Crippen molar-refractivity contribution in [3.63, 3.8) is 0 Å². The number of hydrogen-bond donors (Lipinski definition) is 0. The fourth-order valence-electron chi connectivity index (χ4n) is 5.50. The number of halogens is 1. The van der Waals surface area contributed by atoms with E-state index in [0.717, 1.165) is 81.7 Å². The number of carbonyl (C=O) groups is 2. The fourth-order valence-corrected chi connectivity index (χ4v) is 5.50. The summed E-state index contributed by atoms with van der Waals surface area (Å²) >= 11 is 0. The summed E-state index contributed by atoms with van der Waals surface area (Å²) in [7, 11) is 1.72. The topological polar surface area (TPSA) is 49.9 Å². The average molecular weight is 469 g/mol. The van der Waals surface area contributed by atoms with E-state index in [1.807, 2.05) is 17.0 Å². The van der Waals surface area contributed by atoms with Gasteiger partial charge in [-0.1, -0.05) is 6.07 Å². The first-order valence-corrected chi connectivity index (χ1v) is 12.0. The minimum atomic E-state index is 0. The van der Waals surface area contributed by atoms with E-state index in [-0.39, 0.29) is 24.1 Å². The zero-order valence-electron chi connectivity index (χ0n) is 19.4. The summed E-state index contributed by atoms with van der Waals surface area (Å²) in [6, 6.07) is 10.5. The Morgan fingerprint density at radius 2 is 1.76 bits per heavy atom. The summed E-state index contributed by atoms with van der Waals surface area (Å²) in [5, 5.41) is 0. The second-order valence-corrected chi connectivity index (χ2v) is 9.33. The molecule has 6 heteroatoms.